The van der Waals surface area contributed by atoms with Crippen molar-refractivity contribution < 1.29 is 18.7 Å². The van der Waals surface area contributed by atoms with Gasteiger partial charge in [0.15, 0.2) is 5.13 Å². The standard InChI is InChI=1S/C14H14FN3O3S/c1-21-9-5-8(15)6-10-13(9)17-14(22-10)16-11(19)7-18-4-2-3-12(18)20/h5-6H,2-4,7H2,1H3,(H,16,17,19). The van der Waals surface area contributed by atoms with Crippen molar-refractivity contribution in [3.05, 3.63) is 17.9 Å². The molecule has 1 N–H and O–H groups in total. The zero-order chi connectivity index (χ0) is 15.7. The smallest absolute Gasteiger partial charge is 0.245 e. The Morgan fingerprint density at radius 3 is 3.05 bits per heavy atom. The fourth-order valence-electron chi connectivity index (χ4n) is 2.38. The van der Waals surface area contributed by atoms with E-state index >= 15 is 0 Å². The number of nitrogens with zero attached hydrogens (tertiary/aromatic N) is 2. The van der Waals surface area contributed by atoms with E-state index in [-0.39, 0.29) is 18.4 Å². The SMILES string of the molecule is COc1cc(F)cc2sc(NC(=O)CN3CCCC3=O)nc12. The third-order valence-corrected chi connectivity index (χ3v) is 4.31. The molecule has 1 aliphatic heterocycles. The van der Waals surface area contributed by atoms with Gasteiger partial charge in [0.05, 0.1) is 18.4 Å². The van der Waals surface area contributed by atoms with E-state index in [9.17, 15) is 14.0 Å². The van der Waals surface area contributed by atoms with Gasteiger partial charge in [-0.25, -0.2) is 9.37 Å². The molecule has 0 unspecified atom stereocenters. The molecule has 22 heavy (non-hydrogen) atoms. The van der Waals surface area contributed by atoms with Gasteiger partial charge in [0.25, 0.3) is 0 Å². The quantitative estimate of drug-likeness (QED) is 0.934. The summed E-state index contributed by atoms with van der Waals surface area (Å²) in [7, 11) is 1.44. The number of thiazole rings is 1. The molecule has 6 nitrogen and oxygen atoms in total. The van der Waals surface area contributed by atoms with E-state index in [0.29, 0.717) is 34.1 Å². The van der Waals surface area contributed by atoms with Crippen molar-refractivity contribution in [1.29, 1.82) is 0 Å². The Morgan fingerprint density at radius 1 is 1.55 bits per heavy atom. The Morgan fingerprint density at radius 2 is 2.36 bits per heavy atom. The molecule has 0 aliphatic carbocycles. The summed E-state index contributed by atoms with van der Waals surface area (Å²) in [6, 6.07) is 2.59. The van der Waals surface area contributed by atoms with Crippen molar-refractivity contribution in [3.63, 3.8) is 0 Å². The van der Waals surface area contributed by atoms with Gasteiger partial charge in [0.1, 0.15) is 17.1 Å². The van der Waals surface area contributed by atoms with E-state index in [1.54, 1.807) is 0 Å². The van der Waals surface area contributed by atoms with Crippen LogP contribution in [-0.4, -0.2) is 41.9 Å². The largest absolute Gasteiger partial charge is 0.494 e. The van der Waals surface area contributed by atoms with Gasteiger partial charge in [0.2, 0.25) is 11.8 Å². The number of halogens is 1. The molecule has 8 heteroatoms. The molecule has 0 bridgehead atoms. The normalized spacial score (nSPS) is 14.6. The lowest BCUT2D eigenvalue weighted by Crippen LogP contribution is -2.33. The van der Waals surface area contributed by atoms with Crippen LogP contribution in [0.2, 0.25) is 0 Å². The maximum atomic E-state index is 13.4. The van der Waals surface area contributed by atoms with Crippen LogP contribution in [-0.2, 0) is 9.59 Å². The van der Waals surface area contributed by atoms with Gasteiger partial charge < -0.3 is 15.0 Å². The number of hydrogen-bond donors (Lipinski definition) is 1. The topological polar surface area (TPSA) is 71.5 Å². The average Bonchev–Trinajstić information content (AvgIpc) is 3.04. The summed E-state index contributed by atoms with van der Waals surface area (Å²) >= 11 is 1.16. The number of carbonyl (C=O) groups is 2. The minimum atomic E-state index is -0.423. The Hall–Kier alpha value is -2.22. The molecular formula is C14H14FN3O3S. The zero-order valence-corrected chi connectivity index (χ0v) is 12.7. The number of carbonyl (C=O) groups excluding carboxylic acids is 2. The number of amides is 2. The highest BCUT2D eigenvalue weighted by molar-refractivity contribution is 7.22. The van der Waals surface area contributed by atoms with Gasteiger partial charge in [-0.05, 0) is 12.5 Å². The predicted octanol–water partition coefficient (Wildman–Crippen LogP) is 2.00. The zero-order valence-electron chi connectivity index (χ0n) is 11.9. The number of rotatable bonds is 4. The van der Waals surface area contributed by atoms with Gasteiger partial charge >= 0.3 is 0 Å². The van der Waals surface area contributed by atoms with E-state index in [0.717, 1.165) is 17.8 Å². The third-order valence-electron chi connectivity index (χ3n) is 3.40. The maximum Gasteiger partial charge on any atom is 0.245 e. The summed E-state index contributed by atoms with van der Waals surface area (Å²) in [5, 5.41) is 3.00. The van der Waals surface area contributed by atoms with Crippen LogP contribution in [0.4, 0.5) is 9.52 Å². The fraction of sp³-hybridized carbons (Fsp3) is 0.357. The molecule has 1 aromatic heterocycles. The van der Waals surface area contributed by atoms with Gasteiger partial charge in [-0.15, -0.1) is 0 Å². The molecule has 0 radical (unpaired) electrons. The van der Waals surface area contributed by atoms with Crippen molar-refractivity contribution >= 4 is 38.5 Å². The molecule has 0 saturated carbocycles. The molecule has 0 spiro atoms. The molecule has 116 valence electrons. The van der Waals surface area contributed by atoms with E-state index in [4.69, 9.17) is 4.74 Å². The summed E-state index contributed by atoms with van der Waals surface area (Å²) in [4.78, 5) is 29.2. The molecule has 1 aromatic carbocycles. The van der Waals surface area contributed by atoms with Crippen molar-refractivity contribution in [1.82, 2.24) is 9.88 Å². The molecule has 3 rings (SSSR count). The molecule has 1 saturated heterocycles. The minimum absolute atomic E-state index is 0.0109. The summed E-state index contributed by atoms with van der Waals surface area (Å²) in [6.07, 6.45) is 1.27. The lowest BCUT2D eigenvalue weighted by atomic mass is 10.3. The lowest BCUT2D eigenvalue weighted by Gasteiger charge is -2.13. The number of methoxy groups -OCH3 is 1. The molecule has 0 atom stereocenters. The average molecular weight is 323 g/mol. The van der Waals surface area contributed by atoms with Crippen molar-refractivity contribution in [3.8, 4) is 5.75 Å². The predicted molar refractivity (Wildman–Crippen MR) is 80.6 cm³/mol. The summed E-state index contributed by atoms with van der Waals surface area (Å²) in [6.45, 7) is 0.616. The van der Waals surface area contributed by atoms with E-state index in [2.05, 4.69) is 10.3 Å². The maximum absolute atomic E-state index is 13.4. The van der Waals surface area contributed by atoms with Gasteiger partial charge in [-0.1, -0.05) is 11.3 Å². The first-order valence-corrected chi connectivity index (χ1v) is 7.60. The van der Waals surface area contributed by atoms with Gasteiger partial charge in [0, 0.05) is 19.0 Å². The second kappa shape index (κ2) is 5.88. The highest BCUT2D eigenvalue weighted by Gasteiger charge is 2.23. The van der Waals surface area contributed by atoms with Crippen molar-refractivity contribution in [2.75, 3.05) is 25.5 Å². The Kier molecular flexibility index (Phi) is 3.93. The summed E-state index contributed by atoms with van der Waals surface area (Å²) in [5.41, 5.74) is 0.501. The van der Waals surface area contributed by atoms with Crippen molar-refractivity contribution in [2.45, 2.75) is 12.8 Å². The number of fused-ring (bicyclic) bond motifs is 1. The lowest BCUT2D eigenvalue weighted by molar-refractivity contribution is -0.131. The van der Waals surface area contributed by atoms with Crippen LogP contribution in [0.1, 0.15) is 12.8 Å². The second-order valence-corrected chi connectivity index (χ2v) is 5.97. The van der Waals surface area contributed by atoms with Crippen molar-refractivity contribution in [2.24, 2.45) is 0 Å². The first-order chi connectivity index (χ1) is 10.6. The van der Waals surface area contributed by atoms with Gasteiger partial charge in [-0.3, -0.25) is 9.59 Å². The number of nitrogens with one attached hydrogen (secondary N) is 1. The summed E-state index contributed by atoms with van der Waals surface area (Å²) < 4.78 is 19.1. The van der Waals surface area contributed by atoms with Crippen LogP contribution in [0, 0.1) is 5.82 Å². The van der Waals surface area contributed by atoms with E-state index in [1.165, 1.54) is 24.1 Å². The molecular weight excluding hydrogens is 309 g/mol. The second-order valence-electron chi connectivity index (χ2n) is 4.94. The Balaban J connectivity index is 1.76. The van der Waals surface area contributed by atoms with Crippen LogP contribution in [0.15, 0.2) is 12.1 Å². The van der Waals surface area contributed by atoms with Crippen LogP contribution in [0.5, 0.6) is 5.75 Å². The number of hydrogen-bond acceptors (Lipinski definition) is 5. The Bertz CT molecular complexity index is 746. The first-order valence-electron chi connectivity index (χ1n) is 6.78. The molecule has 2 heterocycles. The third kappa shape index (κ3) is 2.87. The summed E-state index contributed by atoms with van der Waals surface area (Å²) in [5.74, 6) is -0.424. The number of benzene rings is 1. The van der Waals surface area contributed by atoms with Crippen LogP contribution in [0.25, 0.3) is 10.2 Å². The van der Waals surface area contributed by atoms with Crippen LogP contribution < -0.4 is 10.1 Å². The van der Waals surface area contributed by atoms with Crippen LogP contribution >= 0.6 is 11.3 Å². The number of ether oxygens (including phenoxy) is 1. The van der Waals surface area contributed by atoms with Gasteiger partial charge in [-0.2, -0.15) is 0 Å². The van der Waals surface area contributed by atoms with E-state index in [1.807, 2.05) is 0 Å². The minimum Gasteiger partial charge on any atom is -0.494 e. The fourth-order valence-corrected chi connectivity index (χ4v) is 3.30. The number of anilines is 1. The molecule has 2 amide bonds. The first kappa shape index (κ1) is 14.7. The van der Waals surface area contributed by atoms with Crippen LogP contribution in [0.3, 0.4) is 0 Å². The Labute approximate surface area is 129 Å². The van der Waals surface area contributed by atoms with E-state index < -0.39 is 5.82 Å². The number of aromatic nitrogens is 1. The highest BCUT2D eigenvalue weighted by Crippen LogP contribution is 2.33. The highest BCUT2D eigenvalue weighted by atomic mass is 32.1. The number of likely N-dealkylation sites (tertiary alicyclic amines) is 1. The molecule has 2 aromatic rings. The monoisotopic (exact) mass is 323 g/mol. The molecule has 1 fully saturated rings. The molecule has 1 aliphatic rings.